The molecule has 0 bridgehead atoms. The van der Waals surface area contributed by atoms with Crippen molar-refractivity contribution in [2.24, 2.45) is 11.8 Å². The molecular weight excluding hydrogens is 392 g/mol. The maximum Gasteiger partial charge on any atom is 0.253 e. The van der Waals surface area contributed by atoms with Gasteiger partial charge in [-0.1, -0.05) is 13.8 Å². The van der Waals surface area contributed by atoms with E-state index in [0.717, 1.165) is 52.0 Å². The van der Waals surface area contributed by atoms with Crippen molar-refractivity contribution in [2.45, 2.75) is 59.2 Å². The molecule has 0 aliphatic carbocycles. The van der Waals surface area contributed by atoms with Crippen LogP contribution in [0, 0.1) is 11.8 Å². The first kappa shape index (κ1) is 23.9. The van der Waals surface area contributed by atoms with E-state index in [4.69, 9.17) is 14.2 Å². The molecule has 3 rings (SSSR count). The molecule has 31 heavy (non-hydrogen) atoms. The van der Waals surface area contributed by atoms with Gasteiger partial charge in [-0.3, -0.25) is 9.69 Å². The Balaban J connectivity index is 1.51. The quantitative estimate of drug-likeness (QED) is 0.620. The van der Waals surface area contributed by atoms with Crippen molar-refractivity contribution in [3.63, 3.8) is 0 Å². The van der Waals surface area contributed by atoms with E-state index in [1.165, 1.54) is 0 Å². The lowest BCUT2D eigenvalue weighted by molar-refractivity contribution is -0.0728. The zero-order valence-corrected chi connectivity index (χ0v) is 19.9. The number of rotatable bonds is 8. The van der Waals surface area contributed by atoms with E-state index < -0.39 is 0 Å². The minimum atomic E-state index is 0.0825. The second-order valence-corrected chi connectivity index (χ2v) is 9.61. The summed E-state index contributed by atoms with van der Waals surface area (Å²) in [7, 11) is 1.62. The lowest BCUT2D eigenvalue weighted by Gasteiger charge is -2.39. The number of carbonyl (C=O) groups excluding carboxylic acids is 1. The topological polar surface area (TPSA) is 51.2 Å². The molecular formula is C25H40N2O4. The van der Waals surface area contributed by atoms with Gasteiger partial charge in [0.05, 0.1) is 25.9 Å². The molecule has 1 aromatic carbocycles. The fourth-order valence-corrected chi connectivity index (χ4v) is 4.62. The van der Waals surface area contributed by atoms with Gasteiger partial charge in [0.25, 0.3) is 5.91 Å². The van der Waals surface area contributed by atoms with E-state index in [1.54, 1.807) is 7.11 Å². The van der Waals surface area contributed by atoms with Crippen molar-refractivity contribution in [3.05, 3.63) is 23.8 Å². The summed E-state index contributed by atoms with van der Waals surface area (Å²) in [6.45, 7) is 14.1. The summed E-state index contributed by atoms with van der Waals surface area (Å²) in [6, 6.07) is 5.54. The third kappa shape index (κ3) is 6.84. The predicted molar refractivity (Wildman–Crippen MR) is 123 cm³/mol. The van der Waals surface area contributed by atoms with Crippen molar-refractivity contribution in [2.75, 3.05) is 46.4 Å². The number of benzene rings is 1. The number of morpholine rings is 1. The molecule has 2 unspecified atom stereocenters. The fourth-order valence-electron chi connectivity index (χ4n) is 4.62. The average molecular weight is 433 g/mol. The number of hydrogen-bond acceptors (Lipinski definition) is 5. The van der Waals surface area contributed by atoms with Crippen LogP contribution >= 0.6 is 0 Å². The summed E-state index contributed by atoms with van der Waals surface area (Å²) in [4.78, 5) is 17.6. The minimum absolute atomic E-state index is 0.0825. The van der Waals surface area contributed by atoms with Gasteiger partial charge in [-0.25, -0.2) is 0 Å². The zero-order valence-electron chi connectivity index (χ0n) is 19.9. The SMILES string of the molecule is COc1cc(C(=O)N2CCC(CN3CC(C)OC(C)C3)CC2)ccc1OCCC(C)C. The molecule has 2 aliphatic rings. The lowest BCUT2D eigenvalue weighted by atomic mass is 9.95. The number of ether oxygens (including phenoxy) is 3. The van der Waals surface area contributed by atoms with E-state index in [0.29, 0.717) is 47.7 Å². The van der Waals surface area contributed by atoms with Crippen LogP contribution in [0.1, 0.15) is 57.3 Å². The van der Waals surface area contributed by atoms with Crippen LogP contribution in [-0.4, -0.2) is 74.4 Å². The normalized spacial score (nSPS) is 23.2. The maximum atomic E-state index is 13.1. The van der Waals surface area contributed by atoms with Gasteiger partial charge >= 0.3 is 0 Å². The van der Waals surface area contributed by atoms with Crippen molar-refractivity contribution in [3.8, 4) is 11.5 Å². The minimum Gasteiger partial charge on any atom is -0.493 e. The Hall–Kier alpha value is -1.79. The highest BCUT2D eigenvalue weighted by Crippen LogP contribution is 2.30. The second-order valence-electron chi connectivity index (χ2n) is 9.61. The van der Waals surface area contributed by atoms with E-state index in [1.807, 2.05) is 23.1 Å². The molecule has 174 valence electrons. The molecule has 2 fully saturated rings. The van der Waals surface area contributed by atoms with Crippen LogP contribution in [0.3, 0.4) is 0 Å². The van der Waals surface area contributed by atoms with Crippen LogP contribution in [0.5, 0.6) is 11.5 Å². The first-order valence-corrected chi connectivity index (χ1v) is 11.8. The molecule has 1 aromatic rings. The van der Waals surface area contributed by atoms with Gasteiger partial charge in [-0.15, -0.1) is 0 Å². The highest BCUT2D eigenvalue weighted by atomic mass is 16.5. The summed E-state index contributed by atoms with van der Waals surface area (Å²) in [5, 5.41) is 0. The van der Waals surface area contributed by atoms with Crippen molar-refractivity contribution in [1.82, 2.24) is 9.80 Å². The van der Waals surface area contributed by atoms with Gasteiger partial charge in [0.2, 0.25) is 0 Å². The Kier molecular flexibility index (Phi) is 8.61. The number of nitrogens with zero attached hydrogens (tertiary/aromatic N) is 2. The Morgan fingerprint density at radius 3 is 2.42 bits per heavy atom. The van der Waals surface area contributed by atoms with E-state index in [2.05, 4.69) is 32.6 Å². The molecule has 2 aliphatic heterocycles. The number of amides is 1. The second kappa shape index (κ2) is 11.2. The molecule has 6 heteroatoms. The molecule has 2 atom stereocenters. The molecule has 2 heterocycles. The summed E-state index contributed by atoms with van der Waals surface area (Å²) in [6.07, 6.45) is 3.70. The number of likely N-dealkylation sites (tertiary alicyclic amines) is 1. The Bertz CT molecular complexity index is 705. The maximum absolute atomic E-state index is 13.1. The number of methoxy groups -OCH3 is 1. The summed E-state index contributed by atoms with van der Waals surface area (Å²) < 4.78 is 17.2. The third-order valence-electron chi connectivity index (χ3n) is 6.28. The molecule has 6 nitrogen and oxygen atoms in total. The number of hydrogen-bond donors (Lipinski definition) is 0. The van der Waals surface area contributed by atoms with Gasteiger partial charge < -0.3 is 19.1 Å². The fraction of sp³-hybridized carbons (Fsp3) is 0.720. The van der Waals surface area contributed by atoms with Crippen molar-refractivity contribution in [1.29, 1.82) is 0 Å². The molecule has 0 N–H and O–H groups in total. The van der Waals surface area contributed by atoms with Crippen molar-refractivity contribution < 1.29 is 19.0 Å². The Labute approximate surface area is 187 Å². The highest BCUT2D eigenvalue weighted by Gasteiger charge is 2.28. The Morgan fingerprint density at radius 2 is 1.81 bits per heavy atom. The van der Waals surface area contributed by atoms with Gasteiger partial charge in [0.15, 0.2) is 11.5 Å². The first-order chi connectivity index (χ1) is 14.9. The highest BCUT2D eigenvalue weighted by molar-refractivity contribution is 5.95. The van der Waals surface area contributed by atoms with E-state index >= 15 is 0 Å². The Morgan fingerprint density at radius 1 is 1.13 bits per heavy atom. The average Bonchev–Trinajstić information content (AvgIpc) is 2.73. The summed E-state index contributed by atoms with van der Waals surface area (Å²) >= 11 is 0. The monoisotopic (exact) mass is 432 g/mol. The first-order valence-electron chi connectivity index (χ1n) is 11.8. The number of carbonyl (C=O) groups is 1. The molecule has 1 amide bonds. The van der Waals surface area contributed by atoms with Crippen LogP contribution < -0.4 is 9.47 Å². The molecule has 0 aromatic heterocycles. The summed E-state index contributed by atoms with van der Waals surface area (Å²) in [5.74, 6) is 2.64. The zero-order chi connectivity index (χ0) is 22.4. The van der Waals surface area contributed by atoms with Gasteiger partial charge in [0, 0.05) is 38.3 Å². The molecule has 0 saturated carbocycles. The summed E-state index contributed by atoms with van der Waals surface area (Å²) in [5.41, 5.74) is 0.669. The van der Waals surface area contributed by atoms with Crippen molar-refractivity contribution >= 4 is 5.91 Å². The van der Waals surface area contributed by atoms with Gasteiger partial charge in [0.1, 0.15) is 0 Å². The van der Waals surface area contributed by atoms with Gasteiger partial charge in [-0.05, 0) is 63.1 Å². The third-order valence-corrected chi connectivity index (χ3v) is 6.28. The standard InChI is InChI=1S/C25H40N2O4/c1-18(2)10-13-30-23-7-6-22(14-24(23)29-5)25(28)27-11-8-21(9-12-27)17-26-15-19(3)31-20(4)16-26/h6-7,14,18-21H,8-13,15-17H2,1-5H3. The van der Waals surface area contributed by atoms with Crippen LogP contribution in [0.2, 0.25) is 0 Å². The van der Waals surface area contributed by atoms with E-state index in [9.17, 15) is 4.79 Å². The molecule has 0 spiro atoms. The number of piperidine rings is 1. The molecule has 0 radical (unpaired) electrons. The molecule has 2 saturated heterocycles. The predicted octanol–water partition coefficient (Wildman–Crippen LogP) is 4.08. The van der Waals surface area contributed by atoms with Crippen LogP contribution in [0.4, 0.5) is 0 Å². The van der Waals surface area contributed by atoms with Gasteiger partial charge in [-0.2, -0.15) is 0 Å². The largest absolute Gasteiger partial charge is 0.493 e. The van der Waals surface area contributed by atoms with Crippen LogP contribution in [0.25, 0.3) is 0 Å². The van der Waals surface area contributed by atoms with Crippen LogP contribution in [-0.2, 0) is 4.74 Å². The van der Waals surface area contributed by atoms with Crippen LogP contribution in [0.15, 0.2) is 18.2 Å². The lowest BCUT2D eigenvalue weighted by Crippen LogP contribution is -2.48. The smallest absolute Gasteiger partial charge is 0.253 e. The van der Waals surface area contributed by atoms with E-state index in [-0.39, 0.29) is 5.91 Å².